The van der Waals surface area contributed by atoms with Crippen LogP contribution in [0.3, 0.4) is 0 Å². The molecular formula is C19H18ClNO3S. The number of rotatable bonds is 8. The summed E-state index contributed by atoms with van der Waals surface area (Å²) in [4.78, 5) is 12.9. The Hall–Kier alpha value is -2.29. The molecule has 0 aromatic heterocycles. The zero-order valence-corrected chi connectivity index (χ0v) is 15.3. The van der Waals surface area contributed by atoms with Gasteiger partial charge >= 0.3 is 0 Å². The van der Waals surface area contributed by atoms with Crippen molar-refractivity contribution in [3.8, 4) is 23.8 Å². The lowest BCUT2D eigenvalue weighted by atomic mass is 10.2. The van der Waals surface area contributed by atoms with Crippen LogP contribution in [0.4, 0.5) is 0 Å². The van der Waals surface area contributed by atoms with Crippen LogP contribution in [0, 0.1) is 12.3 Å². The largest absolute Gasteiger partial charge is 0.493 e. The topological polar surface area (TPSA) is 47.6 Å². The molecule has 1 amide bonds. The standard InChI is InChI=1S/C19H18ClNO3S/c1-3-10-24-17-9-8-16(11-18(17)23-2)25-13-19(22)21-12-14-4-6-15(20)7-5-14/h1,4-9,11H,10,12-13H2,2H3,(H,21,22). The van der Waals surface area contributed by atoms with Crippen LogP contribution in [-0.4, -0.2) is 25.4 Å². The molecule has 0 heterocycles. The predicted molar refractivity (Wildman–Crippen MR) is 101 cm³/mol. The van der Waals surface area contributed by atoms with Gasteiger partial charge in [0.2, 0.25) is 5.91 Å². The van der Waals surface area contributed by atoms with Crippen molar-refractivity contribution >= 4 is 29.3 Å². The van der Waals surface area contributed by atoms with Crippen molar-refractivity contribution in [2.45, 2.75) is 11.4 Å². The van der Waals surface area contributed by atoms with Crippen LogP contribution in [0.5, 0.6) is 11.5 Å². The van der Waals surface area contributed by atoms with Gasteiger partial charge in [0.05, 0.1) is 12.9 Å². The number of methoxy groups -OCH3 is 1. The first-order valence-electron chi connectivity index (χ1n) is 7.50. The minimum absolute atomic E-state index is 0.0495. The zero-order chi connectivity index (χ0) is 18.1. The van der Waals surface area contributed by atoms with Crippen molar-refractivity contribution in [2.75, 3.05) is 19.5 Å². The SMILES string of the molecule is C#CCOc1ccc(SCC(=O)NCc2ccc(Cl)cc2)cc1OC. The van der Waals surface area contributed by atoms with Gasteiger partial charge < -0.3 is 14.8 Å². The Labute approximate surface area is 156 Å². The summed E-state index contributed by atoms with van der Waals surface area (Å²) >= 11 is 7.26. The molecule has 2 aromatic rings. The fourth-order valence-electron chi connectivity index (χ4n) is 1.98. The third-order valence-electron chi connectivity index (χ3n) is 3.22. The van der Waals surface area contributed by atoms with Crippen LogP contribution in [0.1, 0.15) is 5.56 Å². The van der Waals surface area contributed by atoms with Gasteiger partial charge in [-0.15, -0.1) is 18.2 Å². The molecular weight excluding hydrogens is 358 g/mol. The van der Waals surface area contributed by atoms with Gasteiger partial charge in [0, 0.05) is 16.5 Å². The molecule has 2 rings (SSSR count). The number of ether oxygens (including phenoxy) is 2. The average molecular weight is 376 g/mol. The second-order valence-electron chi connectivity index (χ2n) is 5.00. The Bertz CT molecular complexity index is 756. The van der Waals surface area contributed by atoms with Crippen LogP contribution in [0.15, 0.2) is 47.4 Å². The number of nitrogens with one attached hydrogen (secondary N) is 1. The third kappa shape index (κ3) is 6.26. The number of amides is 1. The van der Waals surface area contributed by atoms with E-state index in [0.717, 1.165) is 10.5 Å². The van der Waals surface area contributed by atoms with E-state index < -0.39 is 0 Å². The van der Waals surface area contributed by atoms with Crippen molar-refractivity contribution in [2.24, 2.45) is 0 Å². The van der Waals surface area contributed by atoms with Gasteiger partial charge in [-0.2, -0.15) is 0 Å². The van der Waals surface area contributed by atoms with E-state index in [1.165, 1.54) is 11.8 Å². The van der Waals surface area contributed by atoms with E-state index in [1.54, 1.807) is 25.3 Å². The van der Waals surface area contributed by atoms with Crippen LogP contribution >= 0.6 is 23.4 Å². The second-order valence-corrected chi connectivity index (χ2v) is 6.48. The molecule has 0 saturated carbocycles. The number of carbonyl (C=O) groups excluding carboxylic acids is 1. The molecule has 0 atom stereocenters. The van der Waals surface area contributed by atoms with Crippen molar-refractivity contribution in [1.29, 1.82) is 0 Å². The summed E-state index contributed by atoms with van der Waals surface area (Å²) in [7, 11) is 1.56. The van der Waals surface area contributed by atoms with Crippen molar-refractivity contribution in [3.63, 3.8) is 0 Å². The van der Waals surface area contributed by atoms with Crippen LogP contribution in [0.2, 0.25) is 5.02 Å². The molecule has 2 aromatic carbocycles. The Morgan fingerprint density at radius 1 is 1.24 bits per heavy atom. The maximum Gasteiger partial charge on any atom is 0.230 e. The Morgan fingerprint density at radius 2 is 2.00 bits per heavy atom. The molecule has 130 valence electrons. The number of terminal acetylenes is 1. The fourth-order valence-corrected chi connectivity index (χ4v) is 2.86. The minimum Gasteiger partial charge on any atom is -0.493 e. The molecule has 4 nitrogen and oxygen atoms in total. The quantitative estimate of drug-likeness (QED) is 0.563. The van der Waals surface area contributed by atoms with E-state index in [-0.39, 0.29) is 12.5 Å². The summed E-state index contributed by atoms with van der Waals surface area (Å²) in [6, 6.07) is 12.8. The highest BCUT2D eigenvalue weighted by Gasteiger charge is 2.08. The molecule has 0 fully saturated rings. The van der Waals surface area contributed by atoms with Crippen molar-refractivity contribution in [3.05, 3.63) is 53.1 Å². The molecule has 0 bridgehead atoms. The molecule has 0 saturated heterocycles. The minimum atomic E-state index is -0.0495. The van der Waals surface area contributed by atoms with Gasteiger partial charge in [0.25, 0.3) is 0 Å². The molecule has 0 aliphatic heterocycles. The Kier molecular flexibility index (Phi) is 7.52. The predicted octanol–water partition coefficient (Wildman–Crippen LogP) is 3.77. The monoisotopic (exact) mass is 375 g/mol. The second kappa shape index (κ2) is 9.87. The number of halogens is 1. The van der Waals surface area contributed by atoms with Gasteiger partial charge in [-0.25, -0.2) is 0 Å². The summed E-state index contributed by atoms with van der Waals surface area (Å²) in [6.07, 6.45) is 5.19. The summed E-state index contributed by atoms with van der Waals surface area (Å²) < 4.78 is 10.7. The Balaban J connectivity index is 1.84. The number of hydrogen-bond donors (Lipinski definition) is 1. The van der Waals surface area contributed by atoms with E-state index in [2.05, 4.69) is 11.2 Å². The highest BCUT2D eigenvalue weighted by Crippen LogP contribution is 2.32. The average Bonchev–Trinajstić information content (AvgIpc) is 2.64. The molecule has 0 aliphatic rings. The van der Waals surface area contributed by atoms with Gasteiger partial charge in [-0.3, -0.25) is 4.79 Å². The van der Waals surface area contributed by atoms with Gasteiger partial charge in [0.1, 0.15) is 6.61 Å². The fraction of sp³-hybridized carbons (Fsp3) is 0.211. The van der Waals surface area contributed by atoms with E-state index in [4.69, 9.17) is 27.5 Å². The molecule has 0 unspecified atom stereocenters. The lowest BCUT2D eigenvalue weighted by Crippen LogP contribution is -2.24. The summed E-state index contributed by atoms with van der Waals surface area (Å²) in [5.74, 6) is 3.83. The van der Waals surface area contributed by atoms with Gasteiger partial charge in [-0.1, -0.05) is 29.7 Å². The third-order valence-corrected chi connectivity index (χ3v) is 4.46. The first-order valence-corrected chi connectivity index (χ1v) is 8.87. The molecule has 0 radical (unpaired) electrons. The normalized spacial score (nSPS) is 9.96. The summed E-state index contributed by atoms with van der Waals surface area (Å²) in [6.45, 7) is 0.648. The van der Waals surface area contributed by atoms with E-state index in [9.17, 15) is 4.79 Å². The summed E-state index contributed by atoms with van der Waals surface area (Å²) in [5.41, 5.74) is 0.999. The zero-order valence-electron chi connectivity index (χ0n) is 13.8. The number of carbonyl (C=O) groups is 1. The van der Waals surface area contributed by atoms with Gasteiger partial charge in [-0.05, 0) is 35.9 Å². The van der Waals surface area contributed by atoms with E-state index in [0.29, 0.717) is 28.8 Å². The highest BCUT2D eigenvalue weighted by molar-refractivity contribution is 8.00. The van der Waals surface area contributed by atoms with Crippen molar-refractivity contribution in [1.82, 2.24) is 5.32 Å². The van der Waals surface area contributed by atoms with E-state index in [1.807, 2.05) is 24.3 Å². The van der Waals surface area contributed by atoms with Crippen LogP contribution in [0.25, 0.3) is 0 Å². The number of hydrogen-bond acceptors (Lipinski definition) is 4. The molecule has 0 spiro atoms. The first kappa shape index (κ1) is 19.0. The lowest BCUT2D eigenvalue weighted by Gasteiger charge is -2.10. The lowest BCUT2D eigenvalue weighted by molar-refractivity contribution is -0.118. The van der Waals surface area contributed by atoms with Crippen LogP contribution in [-0.2, 0) is 11.3 Å². The highest BCUT2D eigenvalue weighted by atomic mass is 35.5. The van der Waals surface area contributed by atoms with Gasteiger partial charge in [0.15, 0.2) is 11.5 Å². The Morgan fingerprint density at radius 3 is 2.68 bits per heavy atom. The smallest absolute Gasteiger partial charge is 0.230 e. The van der Waals surface area contributed by atoms with Crippen molar-refractivity contribution < 1.29 is 14.3 Å². The number of thioether (sulfide) groups is 1. The maximum absolute atomic E-state index is 12.0. The first-order chi connectivity index (χ1) is 12.1. The molecule has 6 heteroatoms. The molecule has 0 aliphatic carbocycles. The van der Waals surface area contributed by atoms with E-state index >= 15 is 0 Å². The van der Waals surface area contributed by atoms with Crippen LogP contribution < -0.4 is 14.8 Å². The number of benzene rings is 2. The maximum atomic E-state index is 12.0. The molecule has 25 heavy (non-hydrogen) atoms. The summed E-state index contributed by atoms with van der Waals surface area (Å²) in [5, 5.41) is 3.55. The molecule has 1 N–H and O–H groups in total.